The topological polar surface area (TPSA) is 18.5 Å². The van der Waals surface area contributed by atoms with Crippen LogP contribution in [0.1, 0.15) is 16.7 Å². The summed E-state index contributed by atoms with van der Waals surface area (Å²) in [6.07, 6.45) is 0. The Balaban J connectivity index is 2.13. The molecule has 0 unspecified atom stereocenters. The van der Waals surface area contributed by atoms with Gasteiger partial charge < -0.3 is 9.47 Å². The summed E-state index contributed by atoms with van der Waals surface area (Å²) >= 11 is 5.80. The van der Waals surface area contributed by atoms with Crippen molar-refractivity contribution in [3.8, 4) is 11.5 Å². The molecule has 19 heavy (non-hydrogen) atoms. The molecule has 0 aliphatic carbocycles. The zero-order chi connectivity index (χ0) is 13.7. The summed E-state index contributed by atoms with van der Waals surface area (Å²) < 4.78 is 11.1. The van der Waals surface area contributed by atoms with Crippen molar-refractivity contribution in [2.24, 2.45) is 0 Å². The van der Waals surface area contributed by atoms with E-state index < -0.39 is 0 Å². The van der Waals surface area contributed by atoms with Crippen LogP contribution in [0.2, 0.25) is 0 Å². The van der Waals surface area contributed by atoms with Crippen molar-refractivity contribution >= 4 is 11.6 Å². The molecule has 0 N–H and O–H groups in total. The first kappa shape index (κ1) is 13.8. The van der Waals surface area contributed by atoms with Gasteiger partial charge in [-0.1, -0.05) is 24.3 Å². The van der Waals surface area contributed by atoms with E-state index in [0.29, 0.717) is 18.2 Å². The molecule has 2 aromatic carbocycles. The average molecular weight is 276 g/mol. The molecule has 0 spiro atoms. The van der Waals surface area contributed by atoms with E-state index in [2.05, 4.69) is 6.07 Å². The van der Waals surface area contributed by atoms with Crippen LogP contribution in [0.25, 0.3) is 0 Å². The quantitative estimate of drug-likeness (QED) is 0.764. The van der Waals surface area contributed by atoms with Gasteiger partial charge in [0.1, 0.15) is 6.61 Å². The van der Waals surface area contributed by atoms with Crippen LogP contribution >= 0.6 is 11.6 Å². The first-order chi connectivity index (χ1) is 9.24. The second-order valence-corrected chi connectivity index (χ2v) is 4.53. The summed E-state index contributed by atoms with van der Waals surface area (Å²) in [4.78, 5) is 0. The van der Waals surface area contributed by atoms with Crippen LogP contribution in [-0.4, -0.2) is 7.11 Å². The van der Waals surface area contributed by atoms with E-state index >= 15 is 0 Å². The fraction of sp³-hybridized carbons (Fsp3) is 0.250. The van der Waals surface area contributed by atoms with E-state index in [9.17, 15) is 0 Å². The highest BCUT2D eigenvalue weighted by Crippen LogP contribution is 2.29. The number of hydrogen-bond donors (Lipinski definition) is 0. The first-order valence-corrected chi connectivity index (χ1v) is 6.59. The molecule has 0 amide bonds. The second-order valence-electron chi connectivity index (χ2n) is 4.26. The molecule has 0 fully saturated rings. The number of benzene rings is 2. The summed E-state index contributed by atoms with van der Waals surface area (Å²) in [6.45, 7) is 2.56. The molecule has 3 heteroatoms. The SMILES string of the molecule is COc1cc(CCl)ccc1OCc1cc[c]cc1C. The van der Waals surface area contributed by atoms with E-state index in [1.54, 1.807) is 7.11 Å². The third-order valence-corrected chi connectivity index (χ3v) is 3.26. The summed E-state index contributed by atoms with van der Waals surface area (Å²) in [5, 5.41) is 0. The third-order valence-electron chi connectivity index (χ3n) is 2.95. The molecule has 99 valence electrons. The van der Waals surface area contributed by atoms with Gasteiger partial charge in [0, 0.05) is 5.88 Å². The van der Waals surface area contributed by atoms with Gasteiger partial charge in [-0.2, -0.15) is 0 Å². The lowest BCUT2D eigenvalue weighted by Gasteiger charge is -2.12. The minimum atomic E-state index is 0.463. The molecule has 2 nitrogen and oxygen atoms in total. The highest BCUT2D eigenvalue weighted by Gasteiger charge is 2.06. The molecule has 0 heterocycles. The number of aryl methyl sites for hydroxylation is 1. The predicted molar refractivity (Wildman–Crippen MR) is 76.9 cm³/mol. The zero-order valence-electron chi connectivity index (χ0n) is 11.1. The van der Waals surface area contributed by atoms with Crippen LogP contribution in [0, 0.1) is 13.0 Å². The molecule has 0 aliphatic rings. The van der Waals surface area contributed by atoms with Gasteiger partial charge in [0.15, 0.2) is 11.5 Å². The third kappa shape index (κ3) is 3.42. The average Bonchev–Trinajstić information content (AvgIpc) is 2.46. The highest BCUT2D eigenvalue weighted by atomic mass is 35.5. The number of methoxy groups -OCH3 is 1. The Hall–Kier alpha value is -1.67. The Kier molecular flexibility index (Phi) is 4.69. The second kappa shape index (κ2) is 6.48. The van der Waals surface area contributed by atoms with Crippen LogP contribution < -0.4 is 9.47 Å². The smallest absolute Gasteiger partial charge is 0.161 e. The number of halogens is 1. The van der Waals surface area contributed by atoms with Gasteiger partial charge in [-0.25, -0.2) is 0 Å². The largest absolute Gasteiger partial charge is 0.493 e. The van der Waals surface area contributed by atoms with Gasteiger partial charge in [0.05, 0.1) is 7.11 Å². The lowest BCUT2D eigenvalue weighted by Crippen LogP contribution is -1.99. The van der Waals surface area contributed by atoms with Gasteiger partial charge in [-0.15, -0.1) is 11.6 Å². The Morgan fingerprint density at radius 1 is 1.21 bits per heavy atom. The minimum absolute atomic E-state index is 0.463. The standard InChI is InChI=1S/C16H16ClO2/c1-12-5-3-4-6-14(12)11-19-15-8-7-13(10-17)9-16(15)18-2/h4-9H,10-11H2,1-2H3. The maximum absolute atomic E-state index is 5.81. The van der Waals surface area contributed by atoms with E-state index in [4.69, 9.17) is 21.1 Å². The predicted octanol–water partition coefficient (Wildman–Crippen LogP) is 4.12. The Morgan fingerprint density at radius 2 is 2.05 bits per heavy atom. The van der Waals surface area contributed by atoms with Gasteiger partial charge in [-0.3, -0.25) is 0 Å². The fourth-order valence-corrected chi connectivity index (χ4v) is 1.94. The molecule has 0 aromatic heterocycles. The molecule has 0 saturated heterocycles. The Bertz CT molecular complexity index is 552. The van der Waals surface area contributed by atoms with E-state index in [-0.39, 0.29) is 0 Å². The van der Waals surface area contributed by atoms with Crippen LogP contribution in [-0.2, 0) is 12.5 Å². The van der Waals surface area contributed by atoms with Gasteiger partial charge in [0.25, 0.3) is 0 Å². The van der Waals surface area contributed by atoms with Crippen LogP contribution in [0.3, 0.4) is 0 Å². The van der Waals surface area contributed by atoms with Gasteiger partial charge in [0.2, 0.25) is 0 Å². The number of rotatable bonds is 5. The number of hydrogen-bond acceptors (Lipinski definition) is 2. The maximum atomic E-state index is 5.81. The van der Waals surface area contributed by atoms with E-state index in [1.807, 2.05) is 43.3 Å². The Morgan fingerprint density at radius 3 is 2.74 bits per heavy atom. The van der Waals surface area contributed by atoms with Crippen molar-refractivity contribution in [1.82, 2.24) is 0 Å². The van der Waals surface area contributed by atoms with Gasteiger partial charge >= 0.3 is 0 Å². The lowest BCUT2D eigenvalue weighted by atomic mass is 10.1. The van der Waals surface area contributed by atoms with Gasteiger partial charge in [-0.05, 0) is 41.8 Å². The summed E-state index contributed by atoms with van der Waals surface area (Å²) in [5.41, 5.74) is 3.32. The lowest BCUT2D eigenvalue weighted by molar-refractivity contribution is 0.284. The van der Waals surface area contributed by atoms with Crippen LogP contribution in [0.15, 0.2) is 36.4 Å². The molecule has 2 aromatic rings. The Labute approximate surface area is 118 Å². The van der Waals surface area contributed by atoms with E-state index in [1.165, 1.54) is 5.56 Å². The van der Waals surface area contributed by atoms with Crippen molar-refractivity contribution < 1.29 is 9.47 Å². The summed E-state index contributed by atoms with van der Waals surface area (Å²) in [6, 6.07) is 14.6. The first-order valence-electron chi connectivity index (χ1n) is 6.06. The van der Waals surface area contributed by atoms with Crippen LogP contribution in [0.5, 0.6) is 11.5 Å². The normalized spacial score (nSPS) is 10.3. The van der Waals surface area contributed by atoms with Crippen molar-refractivity contribution in [1.29, 1.82) is 0 Å². The fourth-order valence-electron chi connectivity index (χ4n) is 1.78. The maximum Gasteiger partial charge on any atom is 0.161 e. The summed E-state index contributed by atoms with van der Waals surface area (Å²) in [7, 11) is 1.63. The molecule has 0 saturated carbocycles. The molecular formula is C16H16ClO2. The monoisotopic (exact) mass is 275 g/mol. The van der Waals surface area contributed by atoms with Crippen LogP contribution in [0.4, 0.5) is 0 Å². The minimum Gasteiger partial charge on any atom is -0.493 e. The number of ether oxygens (including phenoxy) is 2. The van der Waals surface area contributed by atoms with Crippen molar-refractivity contribution in [3.05, 3.63) is 59.2 Å². The number of alkyl halides is 1. The zero-order valence-corrected chi connectivity index (χ0v) is 11.8. The molecule has 1 radical (unpaired) electrons. The van der Waals surface area contributed by atoms with Crippen molar-refractivity contribution in [3.63, 3.8) is 0 Å². The molecule has 0 atom stereocenters. The molecule has 0 aliphatic heterocycles. The highest BCUT2D eigenvalue weighted by molar-refractivity contribution is 6.17. The molecule has 2 rings (SSSR count). The molecular weight excluding hydrogens is 260 g/mol. The van der Waals surface area contributed by atoms with Crippen molar-refractivity contribution in [2.75, 3.05) is 7.11 Å². The van der Waals surface area contributed by atoms with Crippen molar-refractivity contribution in [2.45, 2.75) is 19.4 Å². The molecule has 0 bridgehead atoms. The summed E-state index contributed by atoms with van der Waals surface area (Å²) in [5.74, 6) is 1.89. The van der Waals surface area contributed by atoms with E-state index in [0.717, 1.165) is 16.9 Å².